The molecular weight excluding hydrogens is 600 g/mol. The summed E-state index contributed by atoms with van der Waals surface area (Å²) in [4.78, 5) is 23.1. The van der Waals surface area contributed by atoms with Crippen LogP contribution in [0.3, 0.4) is 0 Å². The van der Waals surface area contributed by atoms with Crippen molar-refractivity contribution in [3.05, 3.63) is 89.4 Å². The Labute approximate surface area is 281 Å². The fraction of sp³-hybridized carbons (Fsp3) is 0.368. The fourth-order valence-corrected chi connectivity index (χ4v) is 7.20. The fourth-order valence-electron chi connectivity index (χ4n) is 7.20. The number of nitrogens with one attached hydrogen (secondary N) is 3. The predicted molar refractivity (Wildman–Crippen MR) is 190 cm³/mol. The van der Waals surface area contributed by atoms with Gasteiger partial charge in [0.25, 0.3) is 0 Å². The maximum Gasteiger partial charge on any atom is 0.216 e. The number of likely N-dealkylation sites (tertiary alicyclic amines) is 1. The summed E-state index contributed by atoms with van der Waals surface area (Å²) in [5.74, 6) is 0.720. The van der Waals surface area contributed by atoms with Crippen LogP contribution in [0.4, 0.5) is 11.5 Å². The largest absolute Gasteiger partial charge is 0.392 e. The lowest BCUT2D eigenvalue weighted by Crippen LogP contribution is -2.34. The lowest BCUT2D eigenvalue weighted by molar-refractivity contribution is -0.118. The number of aliphatic hydroxyl groups excluding tert-OH is 1. The molecule has 2 atom stereocenters. The van der Waals surface area contributed by atoms with Gasteiger partial charge in [-0.05, 0) is 85.2 Å². The average molecular weight is 645 g/mol. The van der Waals surface area contributed by atoms with Gasteiger partial charge in [-0.3, -0.25) is 19.4 Å². The normalized spacial score (nSPS) is 17.8. The zero-order chi connectivity index (χ0) is 33.2. The number of rotatable bonds is 10. The van der Waals surface area contributed by atoms with E-state index >= 15 is 0 Å². The maximum absolute atomic E-state index is 11.3. The van der Waals surface area contributed by atoms with Gasteiger partial charge in [-0.2, -0.15) is 5.10 Å². The minimum absolute atomic E-state index is 0.00741. The molecule has 248 valence electrons. The second kappa shape index (κ2) is 13.8. The van der Waals surface area contributed by atoms with Crippen LogP contribution in [-0.2, 0) is 17.9 Å². The van der Waals surface area contributed by atoms with Gasteiger partial charge >= 0.3 is 0 Å². The molecule has 0 saturated carbocycles. The van der Waals surface area contributed by atoms with Crippen molar-refractivity contribution in [1.82, 2.24) is 35.3 Å². The van der Waals surface area contributed by atoms with Crippen LogP contribution in [0.1, 0.15) is 54.6 Å². The van der Waals surface area contributed by atoms with E-state index in [1.54, 1.807) is 6.92 Å². The predicted octanol–water partition coefficient (Wildman–Crippen LogP) is 5.65. The summed E-state index contributed by atoms with van der Waals surface area (Å²) in [5.41, 5.74) is 10.9. The van der Waals surface area contributed by atoms with E-state index in [4.69, 9.17) is 10.1 Å². The lowest BCUT2D eigenvalue weighted by atomic mass is 9.91. The van der Waals surface area contributed by atoms with Gasteiger partial charge < -0.3 is 21.1 Å². The van der Waals surface area contributed by atoms with Crippen molar-refractivity contribution in [2.75, 3.05) is 31.5 Å². The zero-order valence-electron chi connectivity index (χ0n) is 28.0. The number of fused-ring (bicyclic) bond motifs is 2. The van der Waals surface area contributed by atoms with Crippen LogP contribution in [0.15, 0.2) is 67.0 Å². The van der Waals surface area contributed by atoms with Crippen LogP contribution >= 0.6 is 0 Å². The van der Waals surface area contributed by atoms with E-state index < -0.39 is 0 Å². The van der Waals surface area contributed by atoms with Gasteiger partial charge in [0.1, 0.15) is 5.52 Å². The van der Waals surface area contributed by atoms with Crippen molar-refractivity contribution in [3.8, 4) is 22.4 Å². The number of aromatic nitrogens is 4. The summed E-state index contributed by atoms with van der Waals surface area (Å²) in [5, 5.41) is 26.1. The van der Waals surface area contributed by atoms with Gasteiger partial charge in [0.05, 0.1) is 17.5 Å². The summed E-state index contributed by atoms with van der Waals surface area (Å²) in [6, 6.07) is 19.4. The molecule has 1 amide bonds. The molecule has 5 heterocycles. The van der Waals surface area contributed by atoms with Crippen LogP contribution in [0.25, 0.3) is 33.3 Å². The molecular formula is C38H44N8O2. The molecule has 2 aliphatic heterocycles. The highest BCUT2D eigenvalue weighted by Crippen LogP contribution is 2.37. The zero-order valence-corrected chi connectivity index (χ0v) is 28.0. The third kappa shape index (κ3) is 6.69. The summed E-state index contributed by atoms with van der Waals surface area (Å²) < 4.78 is 2.14. The van der Waals surface area contributed by atoms with Gasteiger partial charge in [-0.15, -0.1) is 0 Å². The van der Waals surface area contributed by atoms with Crippen LogP contribution < -0.4 is 16.0 Å². The van der Waals surface area contributed by atoms with Crippen LogP contribution in [0, 0.1) is 13.8 Å². The number of β-amino-alcohol motifs (C(OH)–C–C–N with tert-alkyl or cyclic N) is 1. The van der Waals surface area contributed by atoms with E-state index in [0.29, 0.717) is 13.1 Å². The Morgan fingerprint density at radius 2 is 1.77 bits per heavy atom. The first-order valence-corrected chi connectivity index (χ1v) is 17.0. The summed E-state index contributed by atoms with van der Waals surface area (Å²) in [7, 11) is 0. The Hall–Kier alpha value is -4.64. The minimum atomic E-state index is -0.233. The van der Waals surface area contributed by atoms with E-state index in [1.807, 2.05) is 18.5 Å². The van der Waals surface area contributed by atoms with Crippen molar-refractivity contribution in [1.29, 1.82) is 0 Å². The van der Waals surface area contributed by atoms with Crippen molar-refractivity contribution in [2.24, 2.45) is 0 Å². The first-order chi connectivity index (χ1) is 23.3. The number of aliphatic hydroxyl groups is 1. The number of anilines is 2. The molecule has 10 nitrogen and oxygen atoms in total. The molecule has 10 heteroatoms. The maximum atomic E-state index is 11.3. The molecule has 2 aliphatic rings. The van der Waals surface area contributed by atoms with E-state index in [-0.39, 0.29) is 18.1 Å². The third-order valence-corrected chi connectivity index (χ3v) is 9.72. The molecule has 2 aromatic carbocycles. The average Bonchev–Trinajstić information content (AvgIpc) is 3.70. The molecule has 3 aromatic heterocycles. The molecule has 0 aliphatic carbocycles. The van der Waals surface area contributed by atoms with E-state index in [0.717, 1.165) is 95.8 Å². The van der Waals surface area contributed by atoms with Crippen LogP contribution in [-0.4, -0.2) is 67.9 Å². The summed E-state index contributed by atoms with van der Waals surface area (Å²) >= 11 is 0. The Bertz CT molecular complexity index is 1950. The Morgan fingerprint density at radius 3 is 2.58 bits per heavy atom. The van der Waals surface area contributed by atoms with Gasteiger partial charge in [0.2, 0.25) is 5.91 Å². The Balaban J connectivity index is 1.13. The number of carbonyl (C=O) groups is 1. The summed E-state index contributed by atoms with van der Waals surface area (Å²) in [6.07, 6.45) is 6.47. The SMILES string of the molecule is CC(=O)NCCNC1CCCn2nc(-c3cccc(-c4cccc(Nc5nccc6cc(CN7CC[C@@H](O)C7)cnc56)c4C)c3C)cc21. The Kier molecular flexibility index (Phi) is 9.21. The van der Waals surface area contributed by atoms with E-state index in [1.165, 1.54) is 16.8 Å². The molecule has 1 saturated heterocycles. The first kappa shape index (κ1) is 31.9. The molecule has 7 rings (SSSR count). The van der Waals surface area contributed by atoms with Gasteiger partial charge in [0.15, 0.2) is 5.82 Å². The van der Waals surface area contributed by atoms with Crippen molar-refractivity contribution < 1.29 is 9.90 Å². The highest BCUT2D eigenvalue weighted by Gasteiger charge is 2.24. The standard InChI is InChI=1S/C38H44N8O2/c1-24-30(7-4-9-32(24)35-20-36-34(11-6-17-46(36)44-35)40-16-15-39-26(3)47)31-8-5-10-33(25(31)2)43-38-37-28(12-14-41-38)19-27(21-42-37)22-45-18-13-29(48)23-45/h4-5,7-10,12,14,19-21,29,34,40,48H,6,11,13,15-18,22-23H2,1-3H3,(H,39,47)(H,41,43)/t29-,34?/m1/s1. The monoisotopic (exact) mass is 644 g/mol. The molecule has 1 unspecified atom stereocenters. The quantitative estimate of drug-likeness (QED) is 0.144. The molecule has 48 heavy (non-hydrogen) atoms. The molecule has 1 fully saturated rings. The second-order valence-corrected chi connectivity index (χ2v) is 13.1. The molecule has 0 bridgehead atoms. The van der Waals surface area contributed by atoms with Crippen molar-refractivity contribution in [2.45, 2.75) is 65.3 Å². The summed E-state index contributed by atoms with van der Waals surface area (Å²) in [6.45, 7) is 10.5. The van der Waals surface area contributed by atoms with E-state index in [9.17, 15) is 9.90 Å². The molecule has 5 aromatic rings. The number of aryl methyl sites for hydroxylation is 1. The lowest BCUT2D eigenvalue weighted by Gasteiger charge is -2.24. The first-order valence-electron chi connectivity index (χ1n) is 17.0. The molecule has 0 radical (unpaired) electrons. The Morgan fingerprint density at radius 1 is 0.958 bits per heavy atom. The van der Waals surface area contributed by atoms with Crippen LogP contribution in [0.5, 0.6) is 0 Å². The van der Waals surface area contributed by atoms with Crippen molar-refractivity contribution >= 4 is 28.3 Å². The number of pyridine rings is 2. The van der Waals surface area contributed by atoms with Gasteiger partial charge in [-0.1, -0.05) is 30.3 Å². The number of amides is 1. The number of hydrogen-bond donors (Lipinski definition) is 4. The highest BCUT2D eigenvalue weighted by molar-refractivity contribution is 5.91. The number of benzene rings is 2. The van der Waals surface area contributed by atoms with Gasteiger partial charge in [0, 0.05) is 81.3 Å². The van der Waals surface area contributed by atoms with Crippen molar-refractivity contribution in [3.63, 3.8) is 0 Å². The third-order valence-electron chi connectivity index (χ3n) is 9.72. The highest BCUT2D eigenvalue weighted by atomic mass is 16.3. The smallest absolute Gasteiger partial charge is 0.216 e. The second-order valence-electron chi connectivity index (χ2n) is 13.1. The molecule has 4 N–H and O–H groups in total. The minimum Gasteiger partial charge on any atom is -0.392 e. The number of hydrogen-bond acceptors (Lipinski definition) is 8. The molecule has 0 spiro atoms. The topological polar surface area (TPSA) is 120 Å². The number of nitrogens with zero attached hydrogens (tertiary/aromatic N) is 5. The van der Waals surface area contributed by atoms with Crippen LogP contribution in [0.2, 0.25) is 0 Å². The van der Waals surface area contributed by atoms with Gasteiger partial charge in [-0.25, -0.2) is 4.98 Å². The number of carbonyl (C=O) groups excluding carboxylic acids is 1. The van der Waals surface area contributed by atoms with E-state index in [2.05, 4.69) is 92.9 Å².